The largest absolute Gasteiger partial charge is 0.379 e. The molecule has 2 atom stereocenters. The van der Waals surface area contributed by atoms with Crippen LogP contribution in [0.2, 0.25) is 0 Å². The molecule has 1 rings (SSSR count). The summed E-state index contributed by atoms with van der Waals surface area (Å²) in [5.41, 5.74) is 1.21. The zero-order chi connectivity index (χ0) is 11.3. The summed E-state index contributed by atoms with van der Waals surface area (Å²) in [5.74, 6) is 0. The molecule has 0 bridgehead atoms. The normalized spacial score (nSPS) is 15.3. The van der Waals surface area contributed by atoms with E-state index >= 15 is 0 Å². The Kier molecular flexibility index (Phi) is 4.75. The van der Waals surface area contributed by atoms with Gasteiger partial charge in [-0.1, -0.05) is 30.3 Å². The molecule has 0 aliphatic carbocycles. The van der Waals surface area contributed by atoms with E-state index in [2.05, 4.69) is 0 Å². The molecule has 0 heterocycles. The molecule has 0 saturated heterocycles. The second kappa shape index (κ2) is 5.85. The van der Waals surface area contributed by atoms with Crippen molar-refractivity contribution >= 4 is 0 Å². The summed E-state index contributed by atoms with van der Waals surface area (Å²) < 4.78 is 0. The number of benzene rings is 1. The molecule has 0 spiro atoms. The minimum atomic E-state index is -0.617. The topological polar surface area (TPSA) is 43.7 Å². The van der Waals surface area contributed by atoms with Crippen LogP contribution < -0.4 is 0 Å². The van der Waals surface area contributed by atoms with Gasteiger partial charge in [-0.05, 0) is 25.8 Å². The second-order valence-electron chi connectivity index (χ2n) is 3.74. The molecular formula is C12H19NO2. The fourth-order valence-electron chi connectivity index (χ4n) is 1.59. The molecule has 0 aliphatic rings. The number of rotatable bonds is 5. The van der Waals surface area contributed by atoms with Crippen LogP contribution in [0.5, 0.6) is 0 Å². The molecule has 2 N–H and O–H groups in total. The lowest BCUT2D eigenvalue weighted by Crippen LogP contribution is -2.41. The highest BCUT2D eigenvalue weighted by molar-refractivity contribution is 5.14. The fourth-order valence-corrected chi connectivity index (χ4v) is 1.59. The predicted molar refractivity (Wildman–Crippen MR) is 60.2 cm³/mol. The van der Waals surface area contributed by atoms with E-state index in [4.69, 9.17) is 0 Å². The first-order valence-electron chi connectivity index (χ1n) is 5.27. The van der Waals surface area contributed by atoms with Crippen LogP contribution in [0.3, 0.4) is 0 Å². The van der Waals surface area contributed by atoms with Crippen molar-refractivity contribution in [2.24, 2.45) is 0 Å². The van der Waals surface area contributed by atoms with Gasteiger partial charge in [-0.15, -0.1) is 0 Å². The molecule has 15 heavy (non-hydrogen) atoms. The van der Waals surface area contributed by atoms with Gasteiger partial charge < -0.3 is 10.2 Å². The second-order valence-corrected chi connectivity index (χ2v) is 3.74. The summed E-state index contributed by atoms with van der Waals surface area (Å²) in [4.78, 5) is 1.65. The van der Waals surface area contributed by atoms with Crippen molar-refractivity contribution in [2.75, 3.05) is 6.54 Å². The Hall–Kier alpha value is -0.900. The van der Waals surface area contributed by atoms with Crippen molar-refractivity contribution in [1.82, 2.24) is 4.90 Å². The van der Waals surface area contributed by atoms with Gasteiger partial charge in [-0.2, -0.15) is 0 Å². The number of nitrogens with zero attached hydrogens (tertiary/aromatic N) is 1. The van der Waals surface area contributed by atoms with Gasteiger partial charge in [-0.25, -0.2) is 0 Å². The number of aliphatic hydroxyl groups is 2. The quantitative estimate of drug-likeness (QED) is 0.716. The van der Waals surface area contributed by atoms with Crippen LogP contribution in [0.1, 0.15) is 19.4 Å². The highest BCUT2D eigenvalue weighted by Crippen LogP contribution is 2.05. The van der Waals surface area contributed by atoms with Gasteiger partial charge in [0.25, 0.3) is 0 Å². The maximum Gasteiger partial charge on any atom is 0.106 e. The van der Waals surface area contributed by atoms with Crippen molar-refractivity contribution < 1.29 is 10.2 Å². The summed E-state index contributed by atoms with van der Waals surface area (Å²) in [6.07, 6.45) is -0.404. The Morgan fingerprint density at radius 1 is 1.07 bits per heavy atom. The van der Waals surface area contributed by atoms with E-state index in [0.717, 1.165) is 6.42 Å². The molecule has 0 saturated carbocycles. The lowest BCUT2D eigenvalue weighted by Gasteiger charge is -2.27. The van der Waals surface area contributed by atoms with E-state index in [1.165, 1.54) is 5.56 Å². The molecular weight excluding hydrogens is 190 g/mol. The van der Waals surface area contributed by atoms with Crippen LogP contribution in [0.4, 0.5) is 0 Å². The van der Waals surface area contributed by atoms with Gasteiger partial charge in [-0.3, -0.25) is 4.90 Å². The Balaban J connectivity index is 2.47. The van der Waals surface area contributed by atoms with Crippen molar-refractivity contribution in [2.45, 2.75) is 32.7 Å². The molecule has 2 unspecified atom stereocenters. The van der Waals surface area contributed by atoms with Crippen molar-refractivity contribution in [3.05, 3.63) is 35.9 Å². The van der Waals surface area contributed by atoms with Crippen molar-refractivity contribution in [1.29, 1.82) is 0 Å². The van der Waals surface area contributed by atoms with Crippen molar-refractivity contribution in [3.63, 3.8) is 0 Å². The van der Waals surface area contributed by atoms with Gasteiger partial charge in [0, 0.05) is 6.54 Å². The van der Waals surface area contributed by atoms with E-state index in [9.17, 15) is 10.2 Å². The van der Waals surface area contributed by atoms with Gasteiger partial charge in [0.15, 0.2) is 0 Å². The van der Waals surface area contributed by atoms with Gasteiger partial charge in [0.2, 0.25) is 0 Å². The average Bonchev–Trinajstić information content (AvgIpc) is 2.18. The first-order valence-corrected chi connectivity index (χ1v) is 5.27. The third-order valence-electron chi connectivity index (χ3n) is 2.46. The first kappa shape index (κ1) is 12.2. The molecule has 84 valence electrons. The molecule has 0 aliphatic heterocycles. The van der Waals surface area contributed by atoms with Crippen LogP contribution in [-0.2, 0) is 6.42 Å². The summed E-state index contributed by atoms with van der Waals surface area (Å²) in [7, 11) is 0. The van der Waals surface area contributed by atoms with Crippen LogP contribution in [0.15, 0.2) is 30.3 Å². The minimum Gasteiger partial charge on any atom is -0.379 e. The molecule has 0 fully saturated rings. The van der Waals surface area contributed by atoms with E-state index < -0.39 is 12.5 Å². The zero-order valence-corrected chi connectivity index (χ0v) is 9.30. The first-order chi connectivity index (χ1) is 7.11. The van der Waals surface area contributed by atoms with Gasteiger partial charge >= 0.3 is 0 Å². The third-order valence-corrected chi connectivity index (χ3v) is 2.46. The van der Waals surface area contributed by atoms with E-state index in [-0.39, 0.29) is 0 Å². The fraction of sp³-hybridized carbons (Fsp3) is 0.500. The van der Waals surface area contributed by atoms with Gasteiger partial charge in [0.05, 0.1) is 0 Å². The molecule has 0 aromatic heterocycles. The minimum absolute atomic E-state index is 0.617. The molecule has 0 radical (unpaired) electrons. The summed E-state index contributed by atoms with van der Waals surface area (Å²) in [6, 6.07) is 10.0. The molecule has 0 amide bonds. The Morgan fingerprint density at radius 2 is 1.60 bits per heavy atom. The lowest BCUT2D eigenvalue weighted by molar-refractivity contribution is -0.0831. The van der Waals surface area contributed by atoms with Crippen LogP contribution in [-0.4, -0.2) is 34.1 Å². The summed E-state index contributed by atoms with van der Waals surface area (Å²) in [5, 5.41) is 18.9. The van der Waals surface area contributed by atoms with Gasteiger partial charge in [0.1, 0.15) is 12.5 Å². The maximum absolute atomic E-state index is 9.43. The average molecular weight is 209 g/mol. The molecule has 3 heteroatoms. The number of hydrogen-bond acceptors (Lipinski definition) is 3. The van der Waals surface area contributed by atoms with E-state index in [0.29, 0.717) is 6.54 Å². The van der Waals surface area contributed by atoms with Crippen molar-refractivity contribution in [3.8, 4) is 0 Å². The zero-order valence-electron chi connectivity index (χ0n) is 9.30. The molecule has 1 aromatic carbocycles. The lowest BCUT2D eigenvalue weighted by atomic mass is 10.1. The maximum atomic E-state index is 9.43. The molecule has 1 aromatic rings. The predicted octanol–water partition coefficient (Wildman–Crippen LogP) is 1.21. The smallest absolute Gasteiger partial charge is 0.106 e. The summed E-state index contributed by atoms with van der Waals surface area (Å²) >= 11 is 0. The van der Waals surface area contributed by atoms with E-state index in [1.54, 1.807) is 18.7 Å². The standard InChI is InChI=1S/C12H19NO2/c1-10(14)13(11(2)15)9-8-12-6-4-3-5-7-12/h3-7,10-11,14-15H,8-9H2,1-2H3. The van der Waals surface area contributed by atoms with Crippen LogP contribution in [0, 0.1) is 0 Å². The summed E-state index contributed by atoms with van der Waals surface area (Å²) in [6.45, 7) is 3.98. The Labute approximate surface area is 91.0 Å². The number of aliphatic hydroxyl groups excluding tert-OH is 2. The Morgan fingerprint density at radius 3 is 2.07 bits per heavy atom. The van der Waals surface area contributed by atoms with Crippen LogP contribution >= 0.6 is 0 Å². The number of hydrogen-bond donors (Lipinski definition) is 2. The monoisotopic (exact) mass is 209 g/mol. The third kappa shape index (κ3) is 4.00. The van der Waals surface area contributed by atoms with E-state index in [1.807, 2.05) is 30.3 Å². The van der Waals surface area contributed by atoms with Crippen LogP contribution in [0.25, 0.3) is 0 Å². The molecule has 3 nitrogen and oxygen atoms in total. The highest BCUT2D eigenvalue weighted by Gasteiger charge is 2.15. The Bertz CT molecular complexity index is 264. The highest BCUT2D eigenvalue weighted by atomic mass is 16.3. The SMILES string of the molecule is CC(O)N(CCc1ccccc1)C(C)O.